The van der Waals surface area contributed by atoms with Crippen molar-refractivity contribution >= 4 is 5.97 Å². The van der Waals surface area contributed by atoms with Gasteiger partial charge < -0.3 is 9.84 Å². The lowest BCUT2D eigenvalue weighted by molar-refractivity contribution is 0.0698. The summed E-state index contributed by atoms with van der Waals surface area (Å²) in [4.78, 5) is 11.3. The van der Waals surface area contributed by atoms with E-state index in [1.165, 1.54) is 0 Å². The summed E-state index contributed by atoms with van der Waals surface area (Å²) < 4.78 is 5.23. The van der Waals surface area contributed by atoms with Crippen LogP contribution in [0.15, 0.2) is 36.4 Å². The standard InChI is InChI=1S/C16H16O3/c1-10-8-12(19-3)9-11(2)15(10)13-6-4-5-7-14(13)16(17)18/h4-9H,1-3H3,(H,17,18). The smallest absolute Gasteiger partial charge is 0.336 e. The van der Waals surface area contributed by atoms with Crippen molar-refractivity contribution in [1.29, 1.82) is 0 Å². The molecule has 1 N–H and O–H groups in total. The van der Waals surface area contributed by atoms with Crippen molar-refractivity contribution in [3.8, 4) is 16.9 Å². The van der Waals surface area contributed by atoms with Crippen LogP contribution in [0.1, 0.15) is 21.5 Å². The number of methoxy groups -OCH3 is 1. The van der Waals surface area contributed by atoms with Crippen molar-refractivity contribution in [2.45, 2.75) is 13.8 Å². The second kappa shape index (κ2) is 5.14. The molecule has 0 amide bonds. The fourth-order valence-corrected chi connectivity index (χ4v) is 2.35. The zero-order valence-corrected chi connectivity index (χ0v) is 11.2. The van der Waals surface area contributed by atoms with Gasteiger partial charge >= 0.3 is 5.97 Å². The number of aryl methyl sites for hydroxylation is 2. The molecule has 0 aliphatic carbocycles. The lowest BCUT2D eigenvalue weighted by Crippen LogP contribution is -2.01. The van der Waals surface area contributed by atoms with Gasteiger partial charge in [-0.3, -0.25) is 0 Å². The van der Waals surface area contributed by atoms with Crippen molar-refractivity contribution in [2.75, 3.05) is 7.11 Å². The minimum absolute atomic E-state index is 0.318. The number of rotatable bonds is 3. The fraction of sp³-hybridized carbons (Fsp3) is 0.188. The summed E-state index contributed by atoms with van der Waals surface area (Å²) in [6.45, 7) is 3.92. The number of hydrogen-bond donors (Lipinski definition) is 1. The molecule has 0 bridgehead atoms. The Balaban J connectivity index is 2.69. The molecule has 0 saturated heterocycles. The first-order valence-corrected chi connectivity index (χ1v) is 6.02. The minimum Gasteiger partial charge on any atom is -0.497 e. The van der Waals surface area contributed by atoms with E-state index in [-0.39, 0.29) is 0 Å². The Morgan fingerprint density at radius 1 is 1.11 bits per heavy atom. The van der Waals surface area contributed by atoms with Gasteiger partial charge in [-0.05, 0) is 54.3 Å². The highest BCUT2D eigenvalue weighted by atomic mass is 16.5. The largest absolute Gasteiger partial charge is 0.497 e. The molecule has 0 spiro atoms. The summed E-state index contributed by atoms with van der Waals surface area (Å²) in [5.41, 5.74) is 4.03. The molecule has 0 aliphatic rings. The molecule has 0 heterocycles. The topological polar surface area (TPSA) is 46.5 Å². The van der Waals surface area contributed by atoms with Gasteiger partial charge in [-0.15, -0.1) is 0 Å². The summed E-state index contributed by atoms with van der Waals surface area (Å²) in [7, 11) is 1.62. The average molecular weight is 256 g/mol. The Morgan fingerprint density at radius 2 is 1.68 bits per heavy atom. The Bertz CT molecular complexity index is 607. The second-order valence-electron chi connectivity index (χ2n) is 4.49. The second-order valence-corrected chi connectivity index (χ2v) is 4.49. The average Bonchev–Trinajstić information content (AvgIpc) is 2.38. The maximum absolute atomic E-state index is 11.3. The molecule has 2 aromatic carbocycles. The zero-order chi connectivity index (χ0) is 14.0. The van der Waals surface area contributed by atoms with E-state index in [9.17, 15) is 9.90 Å². The number of hydrogen-bond acceptors (Lipinski definition) is 2. The Labute approximate surface area is 112 Å². The highest BCUT2D eigenvalue weighted by molar-refractivity contribution is 5.97. The van der Waals surface area contributed by atoms with E-state index in [2.05, 4.69) is 0 Å². The summed E-state index contributed by atoms with van der Waals surface area (Å²) in [6.07, 6.45) is 0. The van der Waals surface area contributed by atoms with E-state index in [1.807, 2.05) is 38.1 Å². The summed E-state index contributed by atoms with van der Waals surface area (Å²) in [6, 6.07) is 10.9. The van der Waals surface area contributed by atoms with Gasteiger partial charge in [-0.2, -0.15) is 0 Å². The first kappa shape index (κ1) is 13.1. The van der Waals surface area contributed by atoms with E-state index >= 15 is 0 Å². The third-order valence-electron chi connectivity index (χ3n) is 3.17. The third kappa shape index (κ3) is 2.45. The SMILES string of the molecule is COc1cc(C)c(-c2ccccc2C(=O)O)c(C)c1. The quantitative estimate of drug-likeness (QED) is 0.911. The lowest BCUT2D eigenvalue weighted by atomic mass is 9.92. The minimum atomic E-state index is -0.912. The summed E-state index contributed by atoms with van der Waals surface area (Å²) in [5.74, 6) is -0.128. The summed E-state index contributed by atoms with van der Waals surface area (Å²) in [5, 5.41) is 9.28. The molecule has 98 valence electrons. The maximum atomic E-state index is 11.3. The maximum Gasteiger partial charge on any atom is 0.336 e. The van der Waals surface area contributed by atoms with Gasteiger partial charge in [0.1, 0.15) is 5.75 Å². The summed E-state index contributed by atoms with van der Waals surface area (Å²) >= 11 is 0. The van der Waals surface area contributed by atoms with E-state index in [1.54, 1.807) is 19.2 Å². The van der Waals surface area contributed by atoms with Gasteiger partial charge in [-0.1, -0.05) is 18.2 Å². The molecule has 0 saturated carbocycles. The normalized spacial score (nSPS) is 10.3. The molecular weight excluding hydrogens is 240 g/mol. The molecule has 3 heteroatoms. The number of carboxylic acid groups (broad SMARTS) is 1. The highest BCUT2D eigenvalue weighted by Crippen LogP contribution is 2.33. The van der Waals surface area contributed by atoms with Crippen molar-refractivity contribution in [2.24, 2.45) is 0 Å². The van der Waals surface area contributed by atoms with Gasteiger partial charge in [0.2, 0.25) is 0 Å². The third-order valence-corrected chi connectivity index (χ3v) is 3.17. The van der Waals surface area contributed by atoms with Crippen molar-refractivity contribution in [3.05, 3.63) is 53.1 Å². The number of benzene rings is 2. The van der Waals surface area contributed by atoms with Gasteiger partial charge in [0.15, 0.2) is 0 Å². The number of carboxylic acids is 1. The van der Waals surface area contributed by atoms with E-state index in [0.717, 1.165) is 28.0 Å². The van der Waals surface area contributed by atoms with Crippen LogP contribution in [0, 0.1) is 13.8 Å². The van der Waals surface area contributed by atoms with Gasteiger partial charge in [0, 0.05) is 0 Å². The lowest BCUT2D eigenvalue weighted by Gasteiger charge is -2.14. The van der Waals surface area contributed by atoms with Crippen LogP contribution in [0.5, 0.6) is 5.75 Å². The molecule has 0 aromatic heterocycles. The molecule has 2 rings (SSSR count). The van der Waals surface area contributed by atoms with Crippen LogP contribution in [-0.4, -0.2) is 18.2 Å². The van der Waals surface area contributed by atoms with E-state index in [4.69, 9.17) is 4.74 Å². The number of aromatic carboxylic acids is 1. The molecule has 0 atom stereocenters. The van der Waals surface area contributed by atoms with Crippen LogP contribution >= 0.6 is 0 Å². The van der Waals surface area contributed by atoms with Crippen LogP contribution in [0.2, 0.25) is 0 Å². The van der Waals surface area contributed by atoms with Crippen LogP contribution in [0.4, 0.5) is 0 Å². The van der Waals surface area contributed by atoms with Crippen LogP contribution in [-0.2, 0) is 0 Å². The van der Waals surface area contributed by atoms with Crippen LogP contribution in [0.3, 0.4) is 0 Å². The van der Waals surface area contributed by atoms with E-state index < -0.39 is 5.97 Å². The van der Waals surface area contributed by atoms with Gasteiger partial charge in [0.05, 0.1) is 12.7 Å². The molecule has 0 fully saturated rings. The van der Waals surface area contributed by atoms with Gasteiger partial charge in [0.25, 0.3) is 0 Å². The molecule has 0 aliphatic heterocycles. The zero-order valence-electron chi connectivity index (χ0n) is 11.2. The van der Waals surface area contributed by atoms with Crippen LogP contribution < -0.4 is 4.74 Å². The van der Waals surface area contributed by atoms with E-state index in [0.29, 0.717) is 5.56 Å². The predicted octanol–water partition coefficient (Wildman–Crippen LogP) is 3.68. The molecule has 3 nitrogen and oxygen atoms in total. The fourth-order valence-electron chi connectivity index (χ4n) is 2.35. The molecular formula is C16H16O3. The van der Waals surface area contributed by atoms with Gasteiger partial charge in [-0.25, -0.2) is 4.79 Å². The Morgan fingerprint density at radius 3 is 2.21 bits per heavy atom. The van der Waals surface area contributed by atoms with Crippen LogP contribution in [0.25, 0.3) is 11.1 Å². The van der Waals surface area contributed by atoms with Crippen molar-refractivity contribution in [1.82, 2.24) is 0 Å². The molecule has 2 aromatic rings. The molecule has 0 unspecified atom stereocenters. The van der Waals surface area contributed by atoms with Crippen molar-refractivity contribution < 1.29 is 14.6 Å². The molecule has 0 radical (unpaired) electrons. The Hall–Kier alpha value is -2.29. The molecule has 19 heavy (non-hydrogen) atoms. The first-order valence-electron chi connectivity index (χ1n) is 6.02. The predicted molar refractivity (Wildman–Crippen MR) is 74.9 cm³/mol. The number of carbonyl (C=O) groups is 1. The van der Waals surface area contributed by atoms with Crippen molar-refractivity contribution in [3.63, 3.8) is 0 Å². The highest BCUT2D eigenvalue weighted by Gasteiger charge is 2.15. The Kier molecular flexibility index (Phi) is 3.56. The first-order chi connectivity index (χ1) is 9.04. The number of ether oxygens (including phenoxy) is 1. The monoisotopic (exact) mass is 256 g/mol.